The van der Waals surface area contributed by atoms with Gasteiger partial charge in [0.05, 0.1) is 11.5 Å². The lowest BCUT2D eigenvalue weighted by molar-refractivity contribution is 0.299. The Kier molecular flexibility index (Phi) is 8.38. The summed E-state index contributed by atoms with van der Waals surface area (Å²) in [5.74, 6) is 1.34. The van der Waals surface area contributed by atoms with Gasteiger partial charge in [-0.05, 0) is 24.5 Å². The van der Waals surface area contributed by atoms with Gasteiger partial charge in [-0.2, -0.15) is 0 Å². The standard InChI is InChI=1S/C18H27BrN4O2S.HI/c1-20-17(21-8-9-23-10-12-26(24,25)13-11-23)22-14-18(6-7-18)15-4-2-3-5-16(15)19;/h2-5H,6-14H2,1H3,(H2,20,21,22);1H. The van der Waals surface area contributed by atoms with E-state index in [0.29, 0.717) is 13.1 Å². The molecular weight excluding hydrogens is 543 g/mol. The molecule has 1 aromatic carbocycles. The van der Waals surface area contributed by atoms with E-state index in [1.807, 2.05) is 6.07 Å². The molecule has 2 aliphatic rings. The maximum atomic E-state index is 11.5. The molecule has 0 spiro atoms. The van der Waals surface area contributed by atoms with Gasteiger partial charge in [0.15, 0.2) is 15.8 Å². The van der Waals surface area contributed by atoms with Crippen molar-refractivity contribution in [3.8, 4) is 0 Å². The molecule has 0 atom stereocenters. The Morgan fingerprint density at radius 3 is 2.48 bits per heavy atom. The van der Waals surface area contributed by atoms with Gasteiger partial charge in [0.1, 0.15) is 0 Å². The molecule has 1 saturated carbocycles. The van der Waals surface area contributed by atoms with E-state index in [1.165, 1.54) is 22.9 Å². The molecular formula is C18H28BrIN4O2S. The highest BCUT2D eigenvalue weighted by Gasteiger charge is 2.45. The predicted molar refractivity (Wildman–Crippen MR) is 125 cm³/mol. The number of hydrogen-bond acceptors (Lipinski definition) is 4. The number of halogens is 2. The van der Waals surface area contributed by atoms with Crippen LogP contribution in [-0.4, -0.2) is 70.6 Å². The van der Waals surface area contributed by atoms with Gasteiger partial charge in [-0.15, -0.1) is 24.0 Å². The van der Waals surface area contributed by atoms with Crippen molar-refractivity contribution >= 4 is 55.7 Å². The largest absolute Gasteiger partial charge is 0.356 e. The number of rotatable bonds is 6. The van der Waals surface area contributed by atoms with E-state index >= 15 is 0 Å². The van der Waals surface area contributed by atoms with Crippen LogP contribution in [0.5, 0.6) is 0 Å². The Morgan fingerprint density at radius 1 is 1.22 bits per heavy atom. The summed E-state index contributed by atoms with van der Waals surface area (Å²) in [6, 6.07) is 8.43. The second-order valence-electron chi connectivity index (χ2n) is 7.11. The van der Waals surface area contributed by atoms with Crippen molar-refractivity contribution in [3.05, 3.63) is 34.3 Å². The van der Waals surface area contributed by atoms with Gasteiger partial charge in [0.2, 0.25) is 0 Å². The molecule has 9 heteroatoms. The summed E-state index contributed by atoms with van der Waals surface area (Å²) in [6.45, 7) is 3.69. The molecule has 152 valence electrons. The zero-order valence-corrected chi connectivity index (χ0v) is 20.3. The average molecular weight is 571 g/mol. The van der Waals surface area contributed by atoms with Gasteiger partial charge in [-0.25, -0.2) is 8.42 Å². The quantitative estimate of drug-likeness (QED) is 0.311. The minimum absolute atomic E-state index is 0. The molecule has 1 aromatic rings. The van der Waals surface area contributed by atoms with Crippen molar-refractivity contribution in [2.24, 2.45) is 4.99 Å². The normalized spacial score (nSPS) is 21.2. The van der Waals surface area contributed by atoms with E-state index in [9.17, 15) is 8.42 Å². The van der Waals surface area contributed by atoms with Crippen LogP contribution in [-0.2, 0) is 15.3 Å². The zero-order valence-electron chi connectivity index (χ0n) is 15.6. The van der Waals surface area contributed by atoms with Gasteiger partial charge in [0, 0.05) is 49.7 Å². The fraction of sp³-hybridized carbons (Fsp3) is 0.611. The van der Waals surface area contributed by atoms with Crippen molar-refractivity contribution in [2.75, 3.05) is 51.3 Å². The van der Waals surface area contributed by atoms with Crippen LogP contribution in [0.2, 0.25) is 0 Å². The smallest absolute Gasteiger partial charge is 0.191 e. The average Bonchev–Trinajstić information content (AvgIpc) is 3.40. The Hall–Kier alpha value is -0.390. The molecule has 27 heavy (non-hydrogen) atoms. The molecule has 2 fully saturated rings. The maximum Gasteiger partial charge on any atom is 0.191 e. The molecule has 1 aliphatic heterocycles. The van der Waals surface area contributed by atoms with Crippen molar-refractivity contribution in [1.29, 1.82) is 0 Å². The maximum absolute atomic E-state index is 11.5. The molecule has 1 aliphatic carbocycles. The number of nitrogens with zero attached hydrogens (tertiary/aromatic N) is 2. The third-order valence-electron chi connectivity index (χ3n) is 5.27. The molecule has 3 rings (SSSR count). The molecule has 0 aromatic heterocycles. The van der Waals surface area contributed by atoms with Gasteiger partial charge < -0.3 is 10.6 Å². The number of hydrogen-bond donors (Lipinski definition) is 2. The van der Waals surface area contributed by atoms with E-state index in [4.69, 9.17) is 0 Å². The van der Waals surface area contributed by atoms with Crippen LogP contribution in [0.1, 0.15) is 18.4 Å². The molecule has 0 radical (unpaired) electrons. The first-order valence-electron chi connectivity index (χ1n) is 9.06. The first-order chi connectivity index (χ1) is 12.4. The van der Waals surface area contributed by atoms with Crippen LogP contribution in [0, 0.1) is 0 Å². The van der Waals surface area contributed by atoms with Crippen LogP contribution in [0.25, 0.3) is 0 Å². The fourth-order valence-corrected chi connectivity index (χ4v) is 5.35. The topological polar surface area (TPSA) is 73.8 Å². The highest BCUT2D eigenvalue weighted by Crippen LogP contribution is 2.49. The van der Waals surface area contributed by atoms with Crippen molar-refractivity contribution < 1.29 is 8.42 Å². The summed E-state index contributed by atoms with van der Waals surface area (Å²) in [5.41, 5.74) is 1.55. The van der Waals surface area contributed by atoms with Crippen LogP contribution in [0.4, 0.5) is 0 Å². The van der Waals surface area contributed by atoms with Crippen molar-refractivity contribution in [3.63, 3.8) is 0 Å². The van der Waals surface area contributed by atoms with Crippen molar-refractivity contribution in [2.45, 2.75) is 18.3 Å². The summed E-state index contributed by atoms with van der Waals surface area (Å²) in [5, 5.41) is 6.79. The van der Waals surface area contributed by atoms with Crippen LogP contribution < -0.4 is 10.6 Å². The molecule has 1 saturated heterocycles. The zero-order chi connectivity index (χ0) is 18.6. The van der Waals surface area contributed by atoms with Gasteiger partial charge >= 0.3 is 0 Å². The third kappa shape index (κ3) is 6.30. The number of benzene rings is 1. The number of guanidine groups is 1. The van der Waals surface area contributed by atoms with Crippen molar-refractivity contribution in [1.82, 2.24) is 15.5 Å². The molecule has 0 amide bonds. The van der Waals surface area contributed by atoms with Gasteiger partial charge in [-0.3, -0.25) is 9.89 Å². The Morgan fingerprint density at radius 2 is 1.89 bits per heavy atom. The first-order valence-corrected chi connectivity index (χ1v) is 11.7. The minimum atomic E-state index is -2.81. The molecule has 0 unspecified atom stereocenters. The van der Waals surface area contributed by atoms with Gasteiger partial charge in [-0.1, -0.05) is 34.1 Å². The Labute approximate surface area is 187 Å². The lowest BCUT2D eigenvalue weighted by Crippen LogP contribution is -2.46. The van der Waals surface area contributed by atoms with E-state index in [0.717, 1.165) is 25.6 Å². The summed E-state index contributed by atoms with van der Waals surface area (Å²) in [7, 11) is -1.03. The molecule has 0 bridgehead atoms. The van der Waals surface area contributed by atoms with E-state index < -0.39 is 9.84 Å². The van der Waals surface area contributed by atoms with Crippen LogP contribution in [0.15, 0.2) is 33.7 Å². The van der Waals surface area contributed by atoms with E-state index in [1.54, 1.807) is 7.05 Å². The summed E-state index contributed by atoms with van der Waals surface area (Å²) in [4.78, 5) is 6.49. The second-order valence-corrected chi connectivity index (χ2v) is 10.3. The van der Waals surface area contributed by atoms with E-state index in [-0.39, 0.29) is 40.9 Å². The van der Waals surface area contributed by atoms with Crippen LogP contribution >= 0.6 is 39.9 Å². The minimum Gasteiger partial charge on any atom is -0.356 e. The molecule has 6 nitrogen and oxygen atoms in total. The molecule has 1 heterocycles. The van der Waals surface area contributed by atoms with E-state index in [2.05, 4.69) is 54.7 Å². The lowest BCUT2D eigenvalue weighted by Gasteiger charge is -2.27. The second kappa shape index (κ2) is 9.89. The highest BCUT2D eigenvalue weighted by atomic mass is 127. The predicted octanol–water partition coefficient (Wildman–Crippen LogP) is 1.99. The number of sulfone groups is 1. The van der Waals surface area contributed by atoms with Crippen LogP contribution in [0.3, 0.4) is 0 Å². The lowest BCUT2D eigenvalue weighted by atomic mass is 9.96. The third-order valence-corrected chi connectivity index (χ3v) is 7.57. The summed E-state index contributed by atoms with van der Waals surface area (Å²) in [6.07, 6.45) is 2.36. The Balaban J connectivity index is 0.00000261. The Bertz CT molecular complexity index is 754. The monoisotopic (exact) mass is 570 g/mol. The fourth-order valence-electron chi connectivity index (χ4n) is 3.36. The SMILES string of the molecule is CN=C(NCCN1CCS(=O)(=O)CC1)NCC1(c2ccccc2Br)CC1.I. The number of aliphatic imine (C=N–C) groups is 1. The molecule has 2 N–H and O–H groups in total. The first kappa shape index (κ1) is 22.9. The summed E-state index contributed by atoms with van der Waals surface area (Å²) < 4.78 is 24.1. The number of nitrogens with one attached hydrogen (secondary N) is 2. The summed E-state index contributed by atoms with van der Waals surface area (Å²) >= 11 is 3.67. The van der Waals surface area contributed by atoms with Gasteiger partial charge in [0.25, 0.3) is 0 Å². The highest BCUT2D eigenvalue weighted by molar-refractivity contribution is 14.0.